The van der Waals surface area contributed by atoms with E-state index >= 15 is 0 Å². The summed E-state index contributed by atoms with van der Waals surface area (Å²) in [5, 5.41) is 3.72. The van der Waals surface area contributed by atoms with Gasteiger partial charge in [-0.3, -0.25) is 4.79 Å². The number of halogens is 1. The zero-order valence-electron chi connectivity index (χ0n) is 14.0. The highest BCUT2D eigenvalue weighted by atomic mass is 35.5. The monoisotopic (exact) mass is 319 g/mol. The molecule has 0 fully saturated rings. The molecule has 0 saturated heterocycles. The zero-order chi connectivity index (χ0) is 16.5. The number of hydrogen-bond donors (Lipinski definition) is 1. The Morgan fingerprint density at radius 1 is 1.23 bits per heavy atom. The third-order valence-electron chi connectivity index (χ3n) is 3.54. The van der Waals surface area contributed by atoms with Crippen LogP contribution in [0.4, 0.5) is 0 Å². The molecule has 0 aliphatic heterocycles. The van der Waals surface area contributed by atoms with Crippen LogP contribution in [-0.2, 0) is 4.79 Å². The number of allylic oxidation sites excluding steroid dienone is 2. The molecular weight excluding hydrogens is 294 g/mol. The van der Waals surface area contributed by atoms with E-state index in [1.807, 2.05) is 38.1 Å². The summed E-state index contributed by atoms with van der Waals surface area (Å²) >= 11 is 6.12. The largest absolute Gasteiger partial charge is 0.352 e. The highest BCUT2D eigenvalue weighted by Crippen LogP contribution is 2.25. The molecule has 0 aliphatic carbocycles. The van der Waals surface area contributed by atoms with Crippen LogP contribution in [0.15, 0.2) is 35.9 Å². The Morgan fingerprint density at radius 3 is 2.55 bits per heavy atom. The lowest BCUT2D eigenvalue weighted by atomic mass is 9.97. The van der Waals surface area contributed by atoms with E-state index in [0.717, 1.165) is 29.9 Å². The molecule has 0 bridgehead atoms. The number of hydrogen-bond acceptors (Lipinski definition) is 1. The molecule has 1 N–H and O–H groups in total. The Labute approximate surface area is 139 Å². The molecule has 0 saturated carbocycles. The van der Waals surface area contributed by atoms with Gasteiger partial charge >= 0.3 is 0 Å². The van der Waals surface area contributed by atoms with E-state index in [-0.39, 0.29) is 5.91 Å². The molecule has 1 amide bonds. The van der Waals surface area contributed by atoms with Crippen molar-refractivity contribution in [3.8, 4) is 0 Å². The van der Waals surface area contributed by atoms with Crippen LogP contribution >= 0.6 is 11.6 Å². The summed E-state index contributed by atoms with van der Waals surface area (Å²) in [6.07, 6.45) is 6.80. The number of carbonyl (C=O) groups excluding carboxylic acids is 1. The maximum absolute atomic E-state index is 11.9. The molecule has 0 atom stereocenters. The topological polar surface area (TPSA) is 29.1 Å². The number of amides is 1. The fourth-order valence-electron chi connectivity index (χ4n) is 2.38. The van der Waals surface area contributed by atoms with Gasteiger partial charge in [-0.1, -0.05) is 43.7 Å². The predicted octanol–water partition coefficient (Wildman–Crippen LogP) is 5.30. The van der Waals surface area contributed by atoms with Gasteiger partial charge in [-0.2, -0.15) is 0 Å². The number of rotatable bonds is 7. The molecule has 1 rings (SSSR count). The molecule has 1 aromatic carbocycles. The third-order valence-corrected chi connectivity index (χ3v) is 3.78. The first-order valence-corrected chi connectivity index (χ1v) is 8.27. The molecule has 0 radical (unpaired) electrons. The van der Waals surface area contributed by atoms with Gasteiger partial charge in [0.15, 0.2) is 0 Å². The fraction of sp³-hybridized carbons (Fsp3) is 0.421. The van der Waals surface area contributed by atoms with Crippen LogP contribution < -0.4 is 5.32 Å². The van der Waals surface area contributed by atoms with Crippen molar-refractivity contribution in [2.24, 2.45) is 0 Å². The first-order valence-electron chi connectivity index (χ1n) is 7.90. The second kappa shape index (κ2) is 9.47. The molecule has 0 spiro atoms. The third kappa shape index (κ3) is 5.69. The van der Waals surface area contributed by atoms with E-state index in [4.69, 9.17) is 11.6 Å². The number of nitrogens with one attached hydrogen (secondary N) is 1. The molecule has 0 unspecified atom stereocenters. The van der Waals surface area contributed by atoms with Gasteiger partial charge in [-0.15, -0.1) is 0 Å². The summed E-state index contributed by atoms with van der Waals surface area (Å²) in [6, 6.07) is 5.95. The van der Waals surface area contributed by atoms with Gasteiger partial charge in [0, 0.05) is 17.1 Å². The first-order chi connectivity index (χ1) is 10.5. The molecule has 1 aromatic rings. The van der Waals surface area contributed by atoms with E-state index < -0.39 is 0 Å². The highest BCUT2D eigenvalue weighted by molar-refractivity contribution is 6.30. The van der Waals surface area contributed by atoms with Gasteiger partial charge < -0.3 is 5.32 Å². The van der Waals surface area contributed by atoms with Gasteiger partial charge in [0.2, 0.25) is 5.91 Å². The Bertz CT molecular complexity index is 573. The maximum atomic E-state index is 11.9. The molecule has 0 heterocycles. The van der Waals surface area contributed by atoms with Crippen LogP contribution in [0.2, 0.25) is 5.02 Å². The number of aryl methyl sites for hydroxylation is 1. The smallest absolute Gasteiger partial charge is 0.246 e. The van der Waals surface area contributed by atoms with Crippen LogP contribution in [0.3, 0.4) is 0 Å². The summed E-state index contributed by atoms with van der Waals surface area (Å²) in [5.41, 5.74) is 4.39. The van der Waals surface area contributed by atoms with Gasteiger partial charge in [-0.05, 0) is 61.9 Å². The molecule has 120 valence electrons. The quantitative estimate of drug-likeness (QED) is 0.678. The fourth-order valence-corrected chi connectivity index (χ4v) is 2.55. The highest BCUT2D eigenvalue weighted by Gasteiger charge is 2.08. The number of carbonyl (C=O) groups is 1. The van der Waals surface area contributed by atoms with Crippen molar-refractivity contribution in [3.05, 3.63) is 52.1 Å². The summed E-state index contributed by atoms with van der Waals surface area (Å²) in [5.74, 6) is 0.0144. The van der Waals surface area contributed by atoms with Crippen LogP contribution in [-0.4, -0.2) is 12.5 Å². The lowest BCUT2D eigenvalue weighted by Gasteiger charge is -2.13. The van der Waals surface area contributed by atoms with E-state index in [2.05, 4.69) is 25.2 Å². The van der Waals surface area contributed by atoms with Crippen molar-refractivity contribution in [1.29, 1.82) is 0 Å². The van der Waals surface area contributed by atoms with Crippen LogP contribution in [0, 0.1) is 6.92 Å². The Balaban J connectivity index is 2.75. The van der Waals surface area contributed by atoms with Crippen LogP contribution in [0.5, 0.6) is 0 Å². The average molecular weight is 320 g/mol. The minimum Gasteiger partial charge on any atom is -0.352 e. The average Bonchev–Trinajstić information content (AvgIpc) is 2.49. The van der Waals surface area contributed by atoms with Crippen molar-refractivity contribution in [2.75, 3.05) is 6.54 Å². The summed E-state index contributed by atoms with van der Waals surface area (Å²) in [4.78, 5) is 11.9. The first kappa shape index (κ1) is 18.5. The summed E-state index contributed by atoms with van der Waals surface area (Å²) < 4.78 is 0. The molecule has 3 heteroatoms. The normalized spacial score (nSPS) is 12.4. The van der Waals surface area contributed by atoms with E-state index in [9.17, 15) is 4.79 Å². The summed E-state index contributed by atoms with van der Waals surface area (Å²) in [6.45, 7) is 8.71. The van der Waals surface area contributed by atoms with E-state index in [1.165, 1.54) is 16.7 Å². The second-order valence-electron chi connectivity index (χ2n) is 5.40. The minimum atomic E-state index is 0.0144. The summed E-state index contributed by atoms with van der Waals surface area (Å²) in [7, 11) is 0. The van der Waals surface area contributed by atoms with Crippen LogP contribution in [0.25, 0.3) is 5.57 Å². The second-order valence-corrected chi connectivity index (χ2v) is 5.83. The van der Waals surface area contributed by atoms with Gasteiger partial charge in [-0.25, -0.2) is 0 Å². The molecule has 2 nitrogen and oxygen atoms in total. The number of benzene rings is 1. The van der Waals surface area contributed by atoms with Crippen LogP contribution in [0.1, 0.15) is 51.2 Å². The molecule has 22 heavy (non-hydrogen) atoms. The van der Waals surface area contributed by atoms with Crippen molar-refractivity contribution in [1.82, 2.24) is 5.32 Å². The Kier molecular flexibility index (Phi) is 7.97. The lowest BCUT2D eigenvalue weighted by Crippen LogP contribution is -2.25. The SMILES string of the molecule is CC/C=C(/C)C(=O)NCC/C(=C/CC)c1cc(Cl)ccc1C. The maximum Gasteiger partial charge on any atom is 0.246 e. The lowest BCUT2D eigenvalue weighted by molar-refractivity contribution is -0.117. The zero-order valence-corrected chi connectivity index (χ0v) is 14.8. The van der Waals surface area contributed by atoms with Crippen molar-refractivity contribution < 1.29 is 4.79 Å². The molecule has 0 aromatic heterocycles. The van der Waals surface area contributed by atoms with E-state index in [0.29, 0.717) is 6.54 Å². The van der Waals surface area contributed by atoms with Crippen molar-refractivity contribution in [2.45, 2.75) is 47.0 Å². The predicted molar refractivity (Wildman–Crippen MR) is 96.1 cm³/mol. The Hall–Kier alpha value is -1.54. The van der Waals surface area contributed by atoms with Gasteiger partial charge in [0.05, 0.1) is 0 Å². The minimum absolute atomic E-state index is 0.0144. The van der Waals surface area contributed by atoms with Gasteiger partial charge in [0.1, 0.15) is 0 Å². The molecule has 0 aliphatic rings. The standard InChI is InChI=1S/C19H26ClNO/c1-5-7-15(4)19(22)21-12-11-16(8-6-2)18-13-17(20)10-9-14(18)3/h7-10,13H,5-6,11-12H2,1-4H3,(H,21,22)/b15-7-,16-8-. The Morgan fingerprint density at radius 2 is 1.91 bits per heavy atom. The van der Waals surface area contributed by atoms with Gasteiger partial charge in [0.25, 0.3) is 0 Å². The van der Waals surface area contributed by atoms with Crippen molar-refractivity contribution >= 4 is 23.1 Å². The van der Waals surface area contributed by atoms with E-state index in [1.54, 1.807) is 0 Å². The molecular formula is C19H26ClNO. The van der Waals surface area contributed by atoms with Crippen molar-refractivity contribution in [3.63, 3.8) is 0 Å².